The molecule has 3 aliphatic heterocycles. The number of unbranched alkanes of at least 4 members (excludes halogenated alkanes) is 1. The number of nitrogens with two attached hydrogens (primary N) is 2. The molecule has 35 heteroatoms. The van der Waals surface area contributed by atoms with Crippen LogP contribution in [0.1, 0.15) is 183 Å². The molecule has 4 aromatic heterocycles. The molecule has 9 rings (SSSR count). The molecule has 2 bridgehead atoms. The Kier molecular flexibility index (Phi) is 40.9. The van der Waals surface area contributed by atoms with Crippen LogP contribution in [0.4, 0.5) is 11.8 Å². The minimum atomic E-state index is -2.46. The topological polar surface area (TPSA) is 450 Å². The molecule has 692 valence electrons. The maximum absolute atomic E-state index is 15.0. The van der Waals surface area contributed by atoms with E-state index >= 15 is 4.79 Å². The number of ketones is 2. The molecule has 3 fully saturated rings. The molecule has 4 aliphatic rings. The van der Waals surface area contributed by atoms with Gasteiger partial charge in [-0.25, -0.2) is 24.1 Å². The zero-order valence-electron chi connectivity index (χ0n) is 74.8. The lowest BCUT2D eigenvalue weighted by molar-refractivity contribution is -0.265. The monoisotopic (exact) mass is 1750 g/mol. The first-order valence-electron chi connectivity index (χ1n) is 44.4. The highest BCUT2D eigenvalue weighted by Crippen LogP contribution is 2.41. The van der Waals surface area contributed by atoms with Crippen molar-refractivity contribution >= 4 is 75.2 Å². The summed E-state index contributed by atoms with van der Waals surface area (Å²) in [4.78, 5) is 110. The fourth-order valence-corrected chi connectivity index (χ4v) is 16.8. The molecule has 1 aromatic carbocycles. The third-order valence-electron chi connectivity index (χ3n) is 23.9. The summed E-state index contributed by atoms with van der Waals surface area (Å²) in [7, 11) is 4.66. The number of allylic oxidation sites excluding steroid dienone is 5. The lowest BCUT2D eigenvalue weighted by Gasteiger charge is -2.43. The van der Waals surface area contributed by atoms with Gasteiger partial charge >= 0.3 is 11.9 Å². The summed E-state index contributed by atoms with van der Waals surface area (Å²) in [5.74, 6) is -7.64. The van der Waals surface area contributed by atoms with Crippen LogP contribution in [0, 0.1) is 35.5 Å². The minimum absolute atomic E-state index is 0.00703. The van der Waals surface area contributed by atoms with Gasteiger partial charge in [0.1, 0.15) is 60.0 Å². The number of Topliss-reactive ketones (excluding diaryl/α,β-unsaturated/α-hetero) is 2. The normalized spacial score (nSPS) is 27.2. The van der Waals surface area contributed by atoms with E-state index in [-0.39, 0.29) is 118 Å². The Hall–Kier alpha value is -8.85. The van der Waals surface area contributed by atoms with E-state index < -0.39 is 83.9 Å². The lowest BCUT2D eigenvalue weighted by atomic mass is 9.77. The smallest absolute Gasteiger partial charge is 0.329 e. The van der Waals surface area contributed by atoms with E-state index in [0.717, 1.165) is 24.0 Å². The summed E-state index contributed by atoms with van der Waals surface area (Å²) in [5, 5.41) is 44.1. The number of amides is 3. The number of benzene rings is 1. The fourth-order valence-electron chi connectivity index (χ4n) is 16.8. The number of esters is 2. The van der Waals surface area contributed by atoms with Gasteiger partial charge in [0.2, 0.25) is 17.6 Å². The number of nitrogens with one attached hydrogen (secondary N) is 2. The number of anilines is 2. The Bertz CT molecular complexity index is 4380. The Balaban J connectivity index is 0.644. The molecular formula is C90H135N13O22. The molecule has 16 atom stereocenters. The first-order valence-corrected chi connectivity index (χ1v) is 44.4. The summed E-state index contributed by atoms with van der Waals surface area (Å²) in [6.45, 7) is 19.7. The summed E-state index contributed by atoms with van der Waals surface area (Å²) < 4.78 is 79.8. The van der Waals surface area contributed by atoms with Gasteiger partial charge in [-0.05, 0) is 151 Å². The van der Waals surface area contributed by atoms with Crippen LogP contribution in [0.25, 0.3) is 33.4 Å². The third-order valence-corrected chi connectivity index (χ3v) is 23.9. The number of aromatic nitrogens is 8. The van der Waals surface area contributed by atoms with Crippen molar-refractivity contribution in [1.82, 2.24) is 55.3 Å². The van der Waals surface area contributed by atoms with E-state index in [1.807, 2.05) is 90.1 Å². The fraction of sp³-hybridized carbons (Fsp3) is 0.678. The number of methoxy groups -OCH3 is 3. The van der Waals surface area contributed by atoms with Crippen LogP contribution in [-0.4, -0.2) is 264 Å². The van der Waals surface area contributed by atoms with Crippen LogP contribution >= 0.6 is 0 Å². The number of rotatable bonds is 39. The second kappa shape index (κ2) is 51.2. The van der Waals surface area contributed by atoms with Crippen LogP contribution in [0.2, 0.25) is 0 Å². The van der Waals surface area contributed by atoms with Crippen molar-refractivity contribution in [2.75, 3.05) is 125 Å². The van der Waals surface area contributed by atoms with Gasteiger partial charge in [0.25, 0.3) is 17.7 Å². The number of nitrogens with zero attached hydrogens (tertiary/aromatic N) is 9. The van der Waals surface area contributed by atoms with E-state index in [2.05, 4.69) is 35.9 Å². The van der Waals surface area contributed by atoms with Crippen LogP contribution in [0.5, 0.6) is 0 Å². The van der Waals surface area contributed by atoms with Gasteiger partial charge < -0.3 is 98.5 Å². The number of fused-ring (bicyclic) bond motifs is 5. The maximum atomic E-state index is 15.0. The van der Waals surface area contributed by atoms with Crippen molar-refractivity contribution in [1.29, 1.82) is 0 Å². The summed E-state index contributed by atoms with van der Waals surface area (Å²) in [6.07, 6.45) is 17.9. The van der Waals surface area contributed by atoms with Crippen molar-refractivity contribution in [3.8, 4) is 11.3 Å². The zero-order chi connectivity index (χ0) is 90.0. The first kappa shape index (κ1) is 99.9. The van der Waals surface area contributed by atoms with Gasteiger partial charge in [-0.1, -0.05) is 76.3 Å². The molecular weight excluding hydrogens is 1620 g/mol. The number of carbonyl (C=O) groups is 7. The molecule has 2 saturated heterocycles. The van der Waals surface area contributed by atoms with Crippen molar-refractivity contribution < 1.29 is 105 Å². The Morgan fingerprint density at radius 3 is 2.19 bits per heavy atom. The molecule has 35 nitrogen and oxygen atoms in total. The van der Waals surface area contributed by atoms with Crippen LogP contribution in [0.15, 0.2) is 82.7 Å². The second-order valence-corrected chi connectivity index (χ2v) is 33.4. The molecule has 0 radical (unpaired) electrons. The summed E-state index contributed by atoms with van der Waals surface area (Å²) in [5.41, 5.74) is 17.0. The van der Waals surface area contributed by atoms with E-state index in [0.29, 0.717) is 195 Å². The van der Waals surface area contributed by atoms with Crippen LogP contribution < -0.4 is 22.1 Å². The van der Waals surface area contributed by atoms with E-state index in [4.69, 9.17) is 77.8 Å². The van der Waals surface area contributed by atoms with Crippen molar-refractivity contribution in [2.24, 2.45) is 35.5 Å². The molecule has 1 aliphatic carbocycles. The first-order chi connectivity index (χ1) is 60.2. The Morgan fingerprint density at radius 2 is 1.47 bits per heavy atom. The molecule has 8 N–H and O–H groups in total. The van der Waals surface area contributed by atoms with E-state index in [9.17, 15) is 39.0 Å². The van der Waals surface area contributed by atoms with Crippen molar-refractivity contribution in [3.05, 3.63) is 84.0 Å². The number of hydrogen-bond acceptors (Lipinski definition) is 30. The van der Waals surface area contributed by atoms with Gasteiger partial charge in [-0.15, -0.1) is 5.10 Å². The minimum Gasteiger partial charge on any atom is -0.460 e. The standard InChI is InChI=1S/C90H135N13O22/c1-12-121-73-53-74(123-88(111)70-23-16-18-35-101(70)87(110)84(109)90(112)63(8)25-28-67(125-90)52-72(113-9)58(3)22-15-13-14-21-57(2)47-61(6)81(107)83(115-11)82(108)62(7)48-59(73)4)60(5)49-64-26-29-69(75(50-64)114-10)103-54-66(98-100-103)55-122-78(106)24-20-37-116-41-45-120-46-43-118-39-32-77(105)94-34-40-119-44-42-117-38-31-76(104)93-33-17-19-36-102-86-79(85(91)95-56-96-86)80(99-102)65-27-30-71-68(51-65)97-89(92)124-71/h13-15,21-22,27,30,48,51,54,56-57,59-61,63-64,67,69-70,72-75,82-83,108,112H,12,16-20,23-26,28-29,31-47,49-50,52-53,55H2,1-11H3,(H2,92,97)(H,93,104)(H,94,105)(H2,91,95,96)/b15-13+,21-14+,58-22+,62-48+/t57-,59-,60-,61-,63-,64+,67+,69+,70+,72+,73-,74+,75-,82-,83+,90-/m1/s1. The van der Waals surface area contributed by atoms with E-state index in [1.54, 1.807) is 49.7 Å². The molecule has 5 aromatic rings. The number of carbonyl (C=O) groups excluding carboxylic acids is 7. The summed E-state index contributed by atoms with van der Waals surface area (Å²) in [6, 6.07) is 4.21. The quantitative estimate of drug-likeness (QED) is 0.00924. The molecule has 7 heterocycles. The molecule has 0 unspecified atom stereocenters. The number of nitrogen functional groups attached to an aromatic ring is 2. The van der Waals surface area contributed by atoms with Crippen LogP contribution in [0.3, 0.4) is 0 Å². The van der Waals surface area contributed by atoms with Gasteiger partial charge in [-0.3, -0.25) is 28.8 Å². The largest absolute Gasteiger partial charge is 0.460 e. The predicted molar refractivity (Wildman–Crippen MR) is 463 cm³/mol. The highest BCUT2D eigenvalue weighted by Gasteiger charge is 2.53. The maximum Gasteiger partial charge on any atom is 0.329 e. The second-order valence-electron chi connectivity index (χ2n) is 33.4. The number of aryl methyl sites for hydroxylation is 1. The highest BCUT2D eigenvalue weighted by molar-refractivity contribution is 6.39. The molecule has 3 amide bonds. The van der Waals surface area contributed by atoms with E-state index in [1.165, 1.54) is 18.3 Å². The Labute approximate surface area is 732 Å². The number of ether oxygens (including phenoxy) is 12. The van der Waals surface area contributed by atoms with Crippen molar-refractivity contribution in [3.63, 3.8) is 0 Å². The van der Waals surface area contributed by atoms with Gasteiger partial charge in [0, 0.05) is 116 Å². The molecule has 125 heavy (non-hydrogen) atoms. The van der Waals surface area contributed by atoms with Gasteiger partial charge in [0.15, 0.2) is 17.0 Å². The average Bonchev–Trinajstić information content (AvgIpc) is 1.68. The average molecular weight is 1750 g/mol. The summed E-state index contributed by atoms with van der Waals surface area (Å²) >= 11 is 0. The molecule has 1 saturated carbocycles. The number of hydrogen-bond donors (Lipinski definition) is 6. The number of piperidine rings is 1. The van der Waals surface area contributed by atoms with Crippen LogP contribution in [-0.2, 0) is 104 Å². The van der Waals surface area contributed by atoms with Gasteiger partial charge in [0.05, 0.1) is 102 Å². The van der Waals surface area contributed by atoms with Crippen molar-refractivity contribution in [2.45, 2.75) is 245 Å². The van der Waals surface area contributed by atoms with Gasteiger partial charge in [-0.2, -0.15) is 10.1 Å². The Morgan fingerprint density at radius 1 is 0.752 bits per heavy atom. The molecule has 0 spiro atoms. The lowest BCUT2D eigenvalue weighted by Crippen LogP contribution is -2.61. The third kappa shape index (κ3) is 29.9. The zero-order valence-corrected chi connectivity index (χ0v) is 74.8. The number of cyclic esters (lactones) is 1. The SMILES string of the molecule is CCO[C@@H]1C[C@@H]([C@H](C)C[C@@H]2CC[C@H](n3cc(COC(=O)CCCOCCOCCOCCC(=O)NCCOCCOCCC(=O)NCCCCn4nc(-c5ccc6oc(N)nc6c5)c5c(N)ncnc54)nn3)[C@H](OC)C2)OC(=O)[C@@H]2CCCCN2C(=O)C(=O)[C@]2(O)O[C@@H](CC[C@H]2C)C[C@H](OC)/C(C)=C/C=C/C=C/[C@@H](C)C[C@@H](C)C(=O)[C@H](OC)[C@H](O)/C(C)=C/[C@H]1C. The number of aliphatic hydroxyl groups is 2. The number of aliphatic hydroxyl groups excluding tert-OH is 1. The number of oxazole rings is 1. The highest BCUT2D eigenvalue weighted by atomic mass is 16.6. The predicted octanol–water partition coefficient (Wildman–Crippen LogP) is 9.00.